The summed E-state index contributed by atoms with van der Waals surface area (Å²) in [6, 6.07) is 11.7. The molecule has 0 aliphatic carbocycles. The average molecular weight is 346 g/mol. The van der Waals surface area contributed by atoms with Crippen LogP contribution in [0.3, 0.4) is 0 Å². The number of hydrogen-bond acceptors (Lipinski definition) is 4. The molecule has 0 aromatic heterocycles. The SMILES string of the molecule is C[C@@H](CO)NC(=O)c1ccc(NC(=O)COc2ccccc2F)cc1. The number of aliphatic hydroxyl groups excluding tert-OH is 1. The molecule has 0 aliphatic rings. The molecule has 0 unspecified atom stereocenters. The lowest BCUT2D eigenvalue weighted by molar-refractivity contribution is -0.118. The number of anilines is 1. The molecule has 0 saturated carbocycles. The summed E-state index contributed by atoms with van der Waals surface area (Å²) < 4.78 is 18.5. The molecule has 0 heterocycles. The van der Waals surface area contributed by atoms with E-state index in [4.69, 9.17) is 9.84 Å². The van der Waals surface area contributed by atoms with Gasteiger partial charge in [-0.2, -0.15) is 0 Å². The second-order valence-electron chi connectivity index (χ2n) is 5.40. The van der Waals surface area contributed by atoms with Gasteiger partial charge in [-0.1, -0.05) is 12.1 Å². The van der Waals surface area contributed by atoms with Gasteiger partial charge in [0.15, 0.2) is 18.2 Å². The molecule has 6 nitrogen and oxygen atoms in total. The van der Waals surface area contributed by atoms with Crippen molar-refractivity contribution in [3.8, 4) is 5.75 Å². The fourth-order valence-corrected chi connectivity index (χ4v) is 1.96. The molecule has 2 aromatic rings. The van der Waals surface area contributed by atoms with Crippen molar-refractivity contribution in [1.82, 2.24) is 5.32 Å². The third-order valence-electron chi connectivity index (χ3n) is 3.28. The van der Waals surface area contributed by atoms with E-state index in [1.165, 1.54) is 18.2 Å². The summed E-state index contributed by atoms with van der Waals surface area (Å²) in [6.07, 6.45) is 0. The molecular formula is C18H19FN2O4. The zero-order chi connectivity index (χ0) is 18.2. The quantitative estimate of drug-likeness (QED) is 0.715. The topological polar surface area (TPSA) is 87.7 Å². The zero-order valence-electron chi connectivity index (χ0n) is 13.7. The lowest BCUT2D eigenvalue weighted by Crippen LogP contribution is -2.34. The van der Waals surface area contributed by atoms with Crippen molar-refractivity contribution in [3.63, 3.8) is 0 Å². The van der Waals surface area contributed by atoms with E-state index in [2.05, 4.69) is 10.6 Å². The van der Waals surface area contributed by atoms with Gasteiger partial charge in [-0.15, -0.1) is 0 Å². The summed E-state index contributed by atoms with van der Waals surface area (Å²) in [5, 5.41) is 14.1. The van der Waals surface area contributed by atoms with E-state index in [1.54, 1.807) is 37.3 Å². The Labute approximate surface area is 144 Å². The first-order chi connectivity index (χ1) is 12.0. The highest BCUT2D eigenvalue weighted by Gasteiger charge is 2.10. The van der Waals surface area contributed by atoms with Gasteiger partial charge in [-0.25, -0.2) is 4.39 Å². The average Bonchev–Trinajstić information content (AvgIpc) is 2.61. The summed E-state index contributed by atoms with van der Waals surface area (Å²) in [4.78, 5) is 23.7. The second-order valence-corrected chi connectivity index (χ2v) is 5.40. The largest absolute Gasteiger partial charge is 0.481 e. The Morgan fingerprint density at radius 3 is 2.48 bits per heavy atom. The van der Waals surface area contributed by atoms with Crippen LogP contribution in [0, 0.1) is 5.82 Å². The molecule has 0 fully saturated rings. The number of nitrogens with one attached hydrogen (secondary N) is 2. The Balaban J connectivity index is 1.87. The van der Waals surface area contributed by atoms with E-state index in [1.807, 2.05) is 0 Å². The van der Waals surface area contributed by atoms with Gasteiger partial charge >= 0.3 is 0 Å². The van der Waals surface area contributed by atoms with Gasteiger partial charge in [0.05, 0.1) is 6.61 Å². The number of aliphatic hydroxyl groups is 1. The fourth-order valence-electron chi connectivity index (χ4n) is 1.96. The molecule has 0 aliphatic heterocycles. The predicted octanol–water partition coefficient (Wildman–Crippen LogP) is 1.95. The van der Waals surface area contributed by atoms with Crippen molar-refractivity contribution in [2.45, 2.75) is 13.0 Å². The van der Waals surface area contributed by atoms with Crippen LogP contribution in [-0.2, 0) is 4.79 Å². The lowest BCUT2D eigenvalue weighted by Gasteiger charge is -2.11. The third kappa shape index (κ3) is 5.58. The molecule has 2 aromatic carbocycles. The van der Waals surface area contributed by atoms with Crippen LogP contribution in [0.15, 0.2) is 48.5 Å². The fraction of sp³-hybridized carbons (Fsp3) is 0.222. The van der Waals surface area contributed by atoms with Crippen LogP contribution < -0.4 is 15.4 Å². The normalized spacial score (nSPS) is 11.5. The minimum atomic E-state index is -0.539. The van der Waals surface area contributed by atoms with Gasteiger partial charge < -0.3 is 20.5 Å². The Kier molecular flexibility index (Phi) is 6.47. The van der Waals surface area contributed by atoms with E-state index in [0.29, 0.717) is 11.3 Å². The molecule has 3 N–H and O–H groups in total. The van der Waals surface area contributed by atoms with Gasteiger partial charge in [0, 0.05) is 17.3 Å². The van der Waals surface area contributed by atoms with Crippen LogP contribution in [-0.4, -0.2) is 36.2 Å². The molecule has 0 radical (unpaired) electrons. The van der Waals surface area contributed by atoms with Crippen molar-refractivity contribution in [1.29, 1.82) is 0 Å². The first kappa shape index (κ1) is 18.4. The molecule has 0 bridgehead atoms. The van der Waals surface area contributed by atoms with Crippen molar-refractivity contribution in [2.24, 2.45) is 0 Å². The number of hydrogen-bond donors (Lipinski definition) is 3. The third-order valence-corrected chi connectivity index (χ3v) is 3.28. The van der Waals surface area contributed by atoms with Crippen LogP contribution in [0.4, 0.5) is 10.1 Å². The van der Waals surface area contributed by atoms with Gasteiger partial charge in [0.2, 0.25) is 0 Å². The van der Waals surface area contributed by atoms with E-state index < -0.39 is 11.7 Å². The number of carbonyl (C=O) groups is 2. The predicted molar refractivity (Wildman–Crippen MR) is 91.0 cm³/mol. The number of amides is 2. The van der Waals surface area contributed by atoms with Gasteiger partial charge in [-0.3, -0.25) is 9.59 Å². The maximum absolute atomic E-state index is 13.4. The highest BCUT2D eigenvalue weighted by atomic mass is 19.1. The number of halogens is 1. The standard InChI is InChI=1S/C18H19FN2O4/c1-12(10-22)20-18(24)13-6-8-14(9-7-13)21-17(23)11-25-16-5-3-2-4-15(16)19/h2-9,12,22H,10-11H2,1H3,(H,20,24)(H,21,23)/t12-/m0/s1. The van der Waals surface area contributed by atoms with Crippen molar-refractivity contribution < 1.29 is 23.8 Å². The van der Waals surface area contributed by atoms with E-state index >= 15 is 0 Å². The minimum Gasteiger partial charge on any atom is -0.481 e. The highest BCUT2D eigenvalue weighted by molar-refractivity contribution is 5.96. The maximum atomic E-state index is 13.4. The van der Waals surface area contributed by atoms with Gasteiger partial charge in [0.25, 0.3) is 11.8 Å². The molecule has 132 valence electrons. The Hall–Kier alpha value is -2.93. The minimum absolute atomic E-state index is 0.00247. The highest BCUT2D eigenvalue weighted by Crippen LogP contribution is 2.15. The number of rotatable bonds is 7. The molecule has 0 spiro atoms. The van der Waals surface area contributed by atoms with E-state index in [0.717, 1.165) is 0 Å². The van der Waals surface area contributed by atoms with Crippen molar-refractivity contribution >= 4 is 17.5 Å². The molecule has 25 heavy (non-hydrogen) atoms. The summed E-state index contributed by atoms with van der Waals surface area (Å²) in [6.45, 7) is 1.20. The molecule has 7 heteroatoms. The number of benzene rings is 2. The van der Waals surface area contributed by atoms with Crippen molar-refractivity contribution in [2.75, 3.05) is 18.5 Å². The van der Waals surface area contributed by atoms with E-state index in [-0.39, 0.29) is 30.9 Å². The van der Waals surface area contributed by atoms with Crippen molar-refractivity contribution in [3.05, 3.63) is 59.9 Å². The molecule has 0 saturated heterocycles. The van der Waals surface area contributed by atoms with Crippen LogP contribution >= 0.6 is 0 Å². The summed E-state index contributed by atoms with van der Waals surface area (Å²) in [5.41, 5.74) is 0.884. The summed E-state index contributed by atoms with van der Waals surface area (Å²) in [7, 11) is 0. The first-order valence-corrected chi connectivity index (χ1v) is 7.68. The van der Waals surface area contributed by atoms with Crippen LogP contribution in [0.2, 0.25) is 0 Å². The monoisotopic (exact) mass is 346 g/mol. The number of carbonyl (C=O) groups excluding carboxylic acids is 2. The van der Waals surface area contributed by atoms with E-state index in [9.17, 15) is 14.0 Å². The number of ether oxygens (including phenoxy) is 1. The molecule has 2 amide bonds. The summed E-state index contributed by atoms with van der Waals surface area (Å²) in [5.74, 6) is -1.30. The van der Waals surface area contributed by atoms with Gasteiger partial charge in [-0.05, 0) is 43.3 Å². The maximum Gasteiger partial charge on any atom is 0.262 e. The lowest BCUT2D eigenvalue weighted by atomic mass is 10.2. The van der Waals surface area contributed by atoms with Gasteiger partial charge in [0.1, 0.15) is 0 Å². The Bertz CT molecular complexity index is 734. The van der Waals surface area contributed by atoms with Crippen LogP contribution in [0.5, 0.6) is 5.75 Å². The second kappa shape index (κ2) is 8.79. The first-order valence-electron chi connectivity index (χ1n) is 7.68. The smallest absolute Gasteiger partial charge is 0.262 e. The molecule has 2 rings (SSSR count). The summed E-state index contributed by atoms with van der Waals surface area (Å²) >= 11 is 0. The number of para-hydroxylation sites is 1. The van der Waals surface area contributed by atoms with Crippen LogP contribution in [0.1, 0.15) is 17.3 Å². The molecular weight excluding hydrogens is 327 g/mol. The molecule has 1 atom stereocenters. The Morgan fingerprint density at radius 1 is 1.16 bits per heavy atom. The Morgan fingerprint density at radius 2 is 1.84 bits per heavy atom. The van der Waals surface area contributed by atoms with Crippen LogP contribution in [0.25, 0.3) is 0 Å². The zero-order valence-corrected chi connectivity index (χ0v) is 13.7.